The van der Waals surface area contributed by atoms with Crippen LogP contribution in [0.2, 0.25) is 0 Å². The molecule has 0 aromatic rings. The van der Waals surface area contributed by atoms with E-state index in [-0.39, 0.29) is 6.61 Å². The number of hydrogen-bond acceptors (Lipinski definition) is 5. The smallest absolute Gasteiger partial charge is 0.411 e. The van der Waals surface area contributed by atoms with E-state index >= 15 is 0 Å². The largest absolute Gasteiger partial charge is 0.467 e. The molecule has 1 atom stereocenters. The molecule has 1 saturated heterocycles. The lowest BCUT2D eigenvalue weighted by atomic mass is 9.83. The Morgan fingerprint density at radius 1 is 1.29 bits per heavy atom. The number of likely N-dealkylation sites (tertiary alicyclic amines) is 1. The Morgan fingerprint density at radius 3 is 2.48 bits per heavy atom. The molecule has 1 unspecified atom stereocenters. The summed E-state index contributed by atoms with van der Waals surface area (Å²) >= 11 is 0. The lowest BCUT2D eigenvalue weighted by Crippen LogP contribution is -2.60. The van der Waals surface area contributed by atoms with Gasteiger partial charge in [0.05, 0.1) is 7.11 Å². The van der Waals surface area contributed by atoms with Crippen molar-refractivity contribution in [3.63, 3.8) is 0 Å². The Kier molecular flexibility index (Phi) is 6.01. The van der Waals surface area contributed by atoms with E-state index in [1.807, 2.05) is 0 Å². The quantitative estimate of drug-likeness (QED) is 0.805. The van der Waals surface area contributed by atoms with Crippen LogP contribution in [0.15, 0.2) is 0 Å². The summed E-state index contributed by atoms with van der Waals surface area (Å²) in [7, 11) is 1.32. The standard InChI is InChI=1S/C15H27NO5/c1-14(2,3)21-13(19)16-10-6-5-8-15(16,9-7-11-17)12(18)20-4/h17H,5-11H2,1-4H3. The number of hydrogen-bond donors (Lipinski definition) is 1. The molecule has 0 saturated carbocycles. The molecule has 0 aliphatic carbocycles. The summed E-state index contributed by atoms with van der Waals surface area (Å²) in [6.07, 6.45) is 2.55. The second kappa shape index (κ2) is 7.11. The van der Waals surface area contributed by atoms with Gasteiger partial charge in [0, 0.05) is 13.2 Å². The van der Waals surface area contributed by atoms with Crippen molar-refractivity contribution in [2.45, 2.75) is 64.0 Å². The highest BCUT2D eigenvalue weighted by Crippen LogP contribution is 2.35. The summed E-state index contributed by atoms with van der Waals surface area (Å²) in [6, 6.07) is 0. The van der Waals surface area contributed by atoms with E-state index in [1.54, 1.807) is 20.8 Å². The van der Waals surface area contributed by atoms with Crippen LogP contribution in [0.5, 0.6) is 0 Å². The fourth-order valence-corrected chi connectivity index (χ4v) is 2.76. The lowest BCUT2D eigenvalue weighted by molar-refractivity contribution is -0.158. The molecule has 1 amide bonds. The average molecular weight is 301 g/mol. The SMILES string of the molecule is COC(=O)C1(CCCO)CCCCN1C(=O)OC(C)(C)C. The zero-order chi connectivity index (χ0) is 16.1. The normalized spacial score (nSPS) is 22.8. The van der Waals surface area contributed by atoms with Crippen molar-refractivity contribution in [2.24, 2.45) is 0 Å². The number of carbonyl (C=O) groups is 2. The molecule has 1 rings (SSSR count). The van der Waals surface area contributed by atoms with E-state index in [9.17, 15) is 9.59 Å². The number of aliphatic hydroxyl groups excluding tert-OH is 1. The van der Waals surface area contributed by atoms with E-state index < -0.39 is 23.2 Å². The van der Waals surface area contributed by atoms with Gasteiger partial charge in [0.1, 0.15) is 11.1 Å². The molecule has 6 heteroatoms. The Labute approximate surface area is 126 Å². The maximum atomic E-state index is 12.4. The number of esters is 1. The predicted octanol–water partition coefficient (Wildman–Crippen LogP) is 2.09. The highest BCUT2D eigenvalue weighted by Gasteiger charge is 2.49. The Morgan fingerprint density at radius 2 is 1.95 bits per heavy atom. The highest BCUT2D eigenvalue weighted by atomic mass is 16.6. The van der Waals surface area contributed by atoms with Gasteiger partial charge in [0.25, 0.3) is 0 Å². The van der Waals surface area contributed by atoms with Gasteiger partial charge >= 0.3 is 12.1 Å². The fraction of sp³-hybridized carbons (Fsp3) is 0.867. The van der Waals surface area contributed by atoms with Crippen molar-refractivity contribution in [1.29, 1.82) is 0 Å². The van der Waals surface area contributed by atoms with Crippen molar-refractivity contribution >= 4 is 12.1 Å². The van der Waals surface area contributed by atoms with Crippen LogP contribution in [0.1, 0.15) is 52.9 Å². The highest BCUT2D eigenvalue weighted by molar-refractivity contribution is 5.86. The van der Waals surface area contributed by atoms with Crippen molar-refractivity contribution in [1.82, 2.24) is 4.90 Å². The van der Waals surface area contributed by atoms with Crippen molar-refractivity contribution in [3.8, 4) is 0 Å². The molecule has 0 radical (unpaired) electrons. The van der Waals surface area contributed by atoms with Crippen LogP contribution in [0, 0.1) is 0 Å². The number of carbonyl (C=O) groups excluding carboxylic acids is 2. The van der Waals surface area contributed by atoms with E-state index in [2.05, 4.69) is 0 Å². The molecule has 0 aromatic heterocycles. The van der Waals surface area contributed by atoms with E-state index in [0.717, 1.165) is 12.8 Å². The summed E-state index contributed by atoms with van der Waals surface area (Å²) in [5.41, 5.74) is -1.63. The number of methoxy groups -OCH3 is 1. The maximum absolute atomic E-state index is 12.4. The molecule has 21 heavy (non-hydrogen) atoms. The van der Waals surface area contributed by atoms with E-state index in [1.165, 1.54) is 12.0 Å². The summed E-state index contributed by atoms with van der Waals surface area (Å²) in [5.74, 6) is -0.429. The molecular formula is C15H27NO5. The molecule has 1 aliphatic rings. The molecule has 1 heterocycles. The maximum Gasteiger partial charge on any atom is 0.411 e. The summed E-state index contributed by atoms with van der Waals surface area (Å²) in [4.78, 5) is 26.3. The predicted molar refractivity (Wildman–Crippen MR) is 77.9 cm³/mol. The van der Waals surface area contributed by atoms with Crippen LogP contribution >= 0.6 is 0 Å². The average Bonchev–Trinajstić information content (AvgIpc) is 2.42. The molecule has 0 aromatic carbocycles. The third-order valence-corrected chi connectivity index (χ3v) is 3.67. The minimum atomic E-state index is -1.02. The van der Waals surface area contributed by atoms with Gasteiger partial charge in [0.15, 0.2) is 0 Å². The fourth-order valence-electron chi connectivity index (χ4n) is 2.76. The first-order valence-electron chi connectivity index (χ1n) is 7.47. The molecular weight excluding hydrogens is 274 g/mol. The number of piperidine rings is 1. The van der Waals surface area contributed by atoms with Crippen LogP contribution < -0.4 is 0 Å². The third kappa shape index (κ3) is 4.33. The molecule has 0 bridgehead atoms. The monoisotopic (exact) mass is 301 g/mol. The second-order valence-electron chi connectivity index (χ2n) is 6.44. The van der Waals surface area contributed by atoms with Gasteiger partial charge in [-0.2, -0.15) is 0 Å². The van der Waals surface area contributed by atoms with Crippen LogP contribution in [0.4, 0.5) is 4.79 Å². The minimum Gasteiger partial charge on any atom is -0.467 e. The Bertz CT molecular complexity index is 377. The molecule has 1 aliphatic heterocycles. The first-order chi connectivity index (χ1) is 9.77. The van der Waals surface area contributed by atoms with Gasteiger partial charge in [-0.15, -0.1) is 0 Å². The van der Waals surface area contributed by atoms with Crippen molar-refractivity contribution < 1.29 is 24.2 Å². The van der Waals surface area contributed by atoms with Crippen LogP contribution in [0.25, 0.3) is 0 Å². The van der Waals surface area contributed by atoms with Gasteiger partial charge in [-0.3, -0.25) is 4.90 Å². The number of aliphatic hydroxyl groups is 1. The lowest BCUT2D eigenvalue weighted by Gasteiger charge is -2.44. The number of nitrogens with zero attached hydrogens (tertiary/aromatic N) is 1. The van der Waals surface area contributed by atoms with Crippen LogP contribution in [-0.2, 0) is 14.3 Å². The first kappa shape index (κ1) is 17.8. The van der Waals surface area contributed by atoms with Gasteiger partial charge in [-0.25, -0.2) is 9.59 Å². The first-order valence-corrected chi connectivity index (χ1v) is 7.47. The minimum absolute atomic E-state index is 0.0269. The summed E-state index contributed by atoms with van der Waals surface area (Å²) < 4.78 is 10.4. The number of rotatable bonds is 4. The second-order valence-corrected chi connectivity index (χ2v) is 6.44. The van der Waals surface area contributed by atoms with Gasteiger partial charge < -0.3 is 14.6 Å². The van der Waals surface area contributed by atoms with Gasteiger partial charge in [-0.05, 0) is 52.9 Å². The Hall–Kier alpha value is -1.30. The third-order valence-electron chi connectivity index (χ3n) is 3.67. The molecule has 122 valence electrons. The summed E-state index contributed by atoms with van der Waals surface area (Å²) in [6.45, 7) is 5.82. The van der Waals surface area contributed by atoms with Crippen molar-refractivity contribution in [3.05, 3.63) is 0 Å². The molecule has 1 N–H and O–H groups in total. The van der Waals surface area contributed by atoms with Gasteiger partial charge in [-0.1, -0.05) is 0 Å². The summed E-state index contributed by atoms with van der Waals surface area (Å²) in [5, 5.41) is 9.09. The zero-order valence-electron chi connectivity index (χ0n) is 13.5. The van der Waals surface area contributed by atoms with E-state index in [0.29, 0.717) is 25.8 Å². The zero-order valence-corrected chi connectivity index (χ0v) is 13.5. The van der Waals surface area contributed by atoms with Gasteiger partial charge in [0.2, 0.25) is 0 Å². The van der Waals surface area contributed by atoms with Crippen LogP contribution in [0.3, 0.4) is 0 Å². The topological polar surface area (TPSA) is 76.1 Å². The van der Waals surface area contributed by atoms with Crippen molar-refractivity contribution in [2.75, 3.05) is 20.3 Å². The number of ether oxygens (including phenoxy) is 2. The molecule has 0 spiro atoms. The number of amides is 1. The Balaban J connectivity index is 3.04. The molecule has 1 fully saturated rings. The van der Waals surface area contributed by atoms with E-state index in [4.69, 9.17) is 14.6 Å². The molecule has 6 nitrogen and oxygen atoms in total. The van der Waals surface area contributed by atoms with Crippen LogP contribution in [-0.4, -0.2) is 53.5 Å².